The van der Waals surface area contributed by atoms with Crippen LogP contribution < -0.4 is 10.6 Å². The lowest BCUT2D eigenvalue weighted by atomic mass is 10.2. The summed E-state index contributed by atoms with van der Waals surface area (Å²) in [5.74, 6) is -0.151. The van der Waals surface area contributed by atoms with Crippen LogP contribution in [-0.4, -0.2) is 28.7 Å². The van der Waals surface area contributed by atoms with Gasteiger partial charge in [0.2, 0.25) is 16.0 Å². The number of carbonyl (C=O) groups is 1. The molecule has 0 bridgehead atoms. The minimum absolute atomic E-state index is 0.0589. The zero-order chi connectivity index (χ0) is 14.5. The average Bonchev–Trinajstić information content (AvgIpc) is 2.77. The van der Waals surface area contributed by atoms with Crippen molar-refractivity contribution >= 4 is 22.4 Å². The van der Waals surface area contributed by atoms with Crippen LogP contribution in [0, 0.1) is 0 Å². The highest BCUT2D eigenvalue weighted by atomic mass is 32.1. The molecular formula is C10H15F3N4OS. The van der Waals surface area contributed by atoms with Gasteiger partial charge < -0.3 is 10.6 Å². The van der Waals surface area contributed by atoms with E-state index in [1.54, 1.807) is 0 Å². The fourth-order valence-corrected chi connectivity index (χ4v) is 1.78. The van der Waals surface area contributed by atoms with Crippen LogP contribution in [0.15, 0.2) is 0 Å². The molecule has 1 rings (SSSR count). The lowest BCUT2D eigenvalue weighted by molar-refractivity contribution is -0.138. The molecule has 0 saturated heterocycles. The van der Waals surface area contributed by atoms with Gasteiger partial charge in [-0.05, 0) is 13.3 Å². The minimum atomic E-state index is -4.48. The molecule has 0 saturated carbocycles. The summed E-state index contributed by atoms with van der Waals surface area (Å²) < 4.78 is 36.8. The maximum Gasteiger partial charge on any atom is 0.445 e. The summed E-state index contributed by atoms with van der Waals surface area (Å²) in [6.45, 7) is 4.05. The number of halogens is 3. The molecule has 0 radical (unpaired) electrons. The Morgan fingerprint density at radius 1 is 1.42 bits per heavy atom. The molecule has 9 heteroatoms. The van der Waals surface area contributed by atoms with E-state index in [1.807, 2.05) is 13.8 Å². The zero-order valence-electron chi connectivity index (χ0n) is 10.5. The molecule has 0 fully saturated rings. The van der Waals surface area contributed by atoms with Gasteiger partial charge in [0.25, 0.3) is 0 Å². The summed E-state index contributed by atoms with van der Waals surface area (Å²) in [6, 6.07) is 0.0888. The van der Waals surface area contributed by atoms with Crippen molar-refractivity contribution in [1.29, 1.82) is 0 Å². The summed E-state index contributed by atoms with van der Waals surface area (Å²) >= 11 is 0.420. The first-order valence-corrected chi connectivity index (χ1v) is 6.58. The molecular weight excluding hydrogens is 281 g/mol. The Morgan fingerprint density at radius 3 is 2.63 bits per heavy atom. The number of amides is 1. The maximum atomic E-state index is 12.3. The number of rotatable bonds is 6. The summed E-state index contributed by atoms with van der Waals surface area (Å²) in [5.41, 5.74) is 0. The quantitative estimate of drug-likeness (QED) is 0.845. The molecule has 108 valence electrons. The van der Waals surface area contributed by atoms with Crippen molar-refractivity contribution in [3.8, 4) is 0 Å². The van der Waals surface area contributed by atoms with E-state index in [0.29, 0.717) is 11.3 Å². The largest absolute Gasteiger partial charge is 0.445 e. The molecule has 19 heavy (non-hydrogen) atoms. The number of alkyl halides is 3. The Morgan fingerprint density at radius 2 is 2.11 bits per heavy atom. The second-order valence-electron chi connectivity index (χ2n) is 3.96. The van der Waals surface area contributed by atoms with Crippen LogP contribution in [0.4, 0.5) is 18.3 Å². The van der Waals surface area contributed by atoms with E-state index in [1.165, 1.54) is 0 Å². The van der Waals surface area contributed by atoms with Gasteiger partial charge in [-0.3, -0.25) is 4.79 Å². The Labute approximate surface area is 112 Å². The van der Waals surface area contributed by atoms with Crippen molar-refractivity contribution in [3.05, 3.63) is 5.01 Å². The molecule has 5 nitrogen and oxygen atoms in total. The van der Waals surface area contributed by atoms with E-state index in [9.17, 15) is 18.0 Å². The number of hydrogen-bond acceptors (Lipinski definition) is 5. The summed E-state index contributed by atoms with van der Waals surface area (Å²) in [7, 11) is 0. The van der Waals surface area contributed by atoms with Gasteiger partial charge in [0.05, 0.1) is 0 Å². The fourth-order valence-electron chi connectivity index (χ4n) is 1.14. The summed E-state index contributed by atoms with van der Waals surface area (Å²) in [5, 5.41) is 10.8. The van der Waals surface area contributed by atoms with Gasteiger partial charge in [0, 0.05) is 19.0 Å². The Balaban J connectivity index is 2.34. The van der Waals surface area contributed by atoms with E-state index in [4.69, 9.17) is 0 Å². The van der Waals surface area contributed by atoms with Crippen LogP contribution in [0.25, 0.3) is 0 Å². The first-order valence-electron chi connectivity index (χ1n) is 5.77. The second kappa shape index (κ2) is 6.69. The van der Waals surface area contributed by atoms with Gasteiger partial charge >= 0.3 is 6.18 Å². The first-order chi connectivity index (χ1) is 8.82. The van der Waals surface area contributed by atoms with Crippen molar-refractivity contribution < 1.29 is 18.0 Å². The lowest BCUT2D eigenvalue weighted by Gasteiger charge is -2.11. The fraction of sp³-hybridized carbons (Fsp3) is 0.700. The molecule has 1 aromatic rings. The standard InChI is InChI=1S/C10H15F3N4OS/c1-3-6(2)15-7(18)4-5-14-9-17-16-8(19-9)10(11,12)13/h6H,3-5H2,1-2H3,(H,14,17)(H,15,18). The maximum absolute atomic E-state index is 12.3. The summed E-state index contributed by atoms with van der Waals surface area (Å²) in [6.07, 6.45) is -3.48. The van der Waals surface area contributed by atoms with Crippen LogP contribution in [0.1, 0.15) is 31.7 Å². The van der Waals surface area contributed by atoms with E-state index in [0.717, 1.165) is 6.42 Å². The molecule has 1 atom stereocenters. The Kier molecular flexibility index (Phi) is 5.52. The highest BCUT2D eigenvalue weighted by Gasteiger charge is 2.35. The SMILES string of the molecule is CCC(C)NC(=O)CCNc1nnc(C(F)(F)F)s1. The molecule has 0 aliphatic carbocycles. The smallest absolute Gasteiger partial charge is 0.360 e. The average molecular weight is 296 g/mol. The third-order valence-electron chi connectivity index (χ3n) is 2.32. The molecule has 0 spiro atoms. The third-order valence-corrected chi connectivity index (χ3v) is 3.24. The molecule has 2 N–H and O–H groups in total. The van der Waals surface area contributed by atoms with Crippen LogP contribution in [-0.2, 0) is 11.0 Å². The van der Waals surface area contributed by atoms with Gasteiger partial charge in [-0.1, -0.05) is 18.3 Å². The molecule has 0 aliphatic heterocycles. The van der Waals surface area contributed by atoms with Gasteiger partial charge in [-0.2, -0.15) is 13.2 Å². The molecule has 1 unspecified atom stereocenters. The Hall–Kier alpha value is -1.38. The van der Waals surface area contributed by atoms with E-state index < -0.39 is 11.2 Å². The predicted molar refractivity (Wildman–Crippen MR) is 65.9 cm³/mol. The molecule has 1 aromatic heterocycles. The van der Waals surface area contributed by atoms with Crippen LogP contribution in [0.5, 0.6) is 0 Å². The van der Waals surface area contributed by atoms with E-state index >= 15 is 0 Å². The van der Waals surface area contributed by atoms with Crippen molar-refractivity contribution in [2.75, 3.05) is 11.9 Å². The van der Waals surface area contributed by atoms with Crippen molar-refractivity contribution in [1.82, 2.24) is 15.5 Å². The highest BCUT2D eigenvalue weighted by Crippen LogP contribution is 2.32. The normalized spacial score (nSPS) is 13.1. The van der Waals surface area contributed by atoms with Crippen molar-refractivity contribution in [2.24, 2.45) is 0 Å². The number of hydrogen-bond donors (Lipinski definition) is 2. The lowest BCUT2D eigenvalue weighted by Crippen LogP contribution is -2.32. The number of carbonyl (C=O) groups excluding carboxylic acids is 1. The van der Waals surface area contributed by atoms with Crippen molar-refractivity contribution in [3.63, 3.8) is 0 Å². The van der Waals surface area contributed by atoms with Crippen LogP contribution in [0.3, 0.4) is 0 Å². The third kappa shape index (κ3) is 5.41. The van der Waals surface area contributed by atoms with Gasteiger partial charge in [-0.15, -0.1) is 10.2 Å². The van der Waals surface area contributed by atoms with Gasteiger partial charge in [0.15, 0.2) is 0 Å². The topological polar surface area (TPSA) is 66.9 Å². The number of aromatic nitrogens is 2. The molecule has 1 heterocycles. The highest BCUT2D eigenvalue weighted by molar-refractivity contribution is 7.15. The minimum Gasteiger partial charge on any atom is -0.360 e. The molecule has 0 aromatic carbocycles. The Bertz CT molecular complexity index is 421. The summed E-state index contributed by atoms with van der Waals surface area (Å²) in [4.78, 5) is 11.4. The van der Waals surface area contributed by atoms with Gasteiger partial charge in [-0.25, -0.2) is 0 Å². The predicted octanol–water partition coefficient (Wildman–Crippen LogP) is 2.27. The molecule has 0 aliphatic rings. The van der Waals surface area contributed by atoms with Crippen molar-refractivity contribution in [2.45, 2.75) is 38.9 Å². The zero-order valence-corrected chi connectivity index (χ0v) is 11.4. The second-order valence-corrected chi connectivity index (χ2v) is 4.94. The molecule has 1 amide bonds. The number of anilines is 1. The first kappa shape index (κ1) is 15.7. The van der Waals surface area contributed by atoms with E-state index in [2.05, 4.69) is 20.8 Å². The number of nitrogens with zero attached hydrogens (tertiary/aromatic N) is 2. The van der Waals surface area contributed by atoms with Gasteiger partial charge in [0.1, 0.15) is 0 Å². The van der Waals surface area contributed by atoms with E-state index in [-0.39, 0.29) is 30.0 Å². The monoisotopic (exact) mass is 296 g/mol. The number of nitrogens with one attached hydrogen (secondary N) is 2. The van der Waals surface area contributed by atoms with Crippen LogP contribution in [0.2, 0.25) is 0 Å². The van der Waals surface area contributed by atoms with Crippen LogP contribution >= 0.6 is 11.3 Å².